The van der Waals surface area contributed by atoms with Gasteiger partial charge in [-0.1, -0.05) is 24.3 Å². The fourth-order valence-corrected chi connectivity index (χ4v) is 2.09. The summed E-state index contributed by atoms with van der Waals surface area (Å²) in [7, 11) is 1.75. The lowest BCUT2D eigenvalue weighted by atomic mass is 10.1. The van der Waals surface area contributed by atoms with Crippen LogP contribution in [-0.4, -0.2) is 9.78 Å². The summed E-state index contributed by atoms with van der Waals surface area (Å²) in [5, 5.41) is 3.09. The van der Waals surface area contributed by atoms with Crippen LogP contribution in [0.5, 0.6) is 0 Å². The Morgan fingerprint density at radius 3 is 3.00 bits per heavy atom. The van der Waals surface area contributed by atoms with E-state index in [1.54, 1.807) is 11.7 Å². The molecule has 0 bridgehead atoms. The molecule has 0 atom stereocenters. The summed E-state index contributed by atoms with van der Waals surface area (Å²) >= 11 is 0. The quantitative estimate of drug-likeness (QED) is 0.564. The molecule has 0 radical (unpaired) electrons. The lowest BCUT2D eigenvalue weighted by Crippen LogP contribution is -2.15. The van der Waals surface area contributed by atoms with Crippen molar-refractivity contribution in [3.63, 3.8) is 0 Å². The van der Waals surface area contributed by atoms with Gasteiger partial charge in [-0.15, -0.1) is 0 Å². The first kappa shape index (κ1) is 7.62. The minimum absolute atomic E-state index is 0.0937. The molecule has 0 unspecified atom stereocenters. The van der Waals surface area contributed by atoms with Crippen molar-refractivity contribution in [3.8, 4) is 11.3 Å². The van der Waals surface area contributed by atoms with Crippen molar-refractivity contribution >= 4 is 0 Å². The second-order valence-corrected chi connectivity index (χ2v) is 3.66. The van der Waals surface area contributed by atoms with E-state index < -0.39 is 0 Å². The second kappa shape index (κ2) is 2.38. The molecule has 70 valence electrons. The molecule has 1 aliphatic carbocycles. The van der Waals surface area contributed by atoms with Crippen LogP contribution < -0.4 is 5.56 Å². The number of aromatic amines is 1. The first-order valence-electron chi connectivity index (χ1n) is 4.63. The van der Waals surface area contributed by atoms with Gasteiger partial charge in [-0.2, -0.15) is 0 Å². The maximum absolute atomic E-state index is 11.7. The van der Waals surface area contributed by atoms with E-state index >= 15 is 0 Å². The number of nitrogens with one attached hydrogen (secondary N) is 1. The van der Waals surface area contributed by atoms with E-state index in [0.29, 0.717) is 0 Å². The SMILES string of the molecule is Cn1[nH]c2c(c1=O)Cc1ccccc1-2. The van der Waals surface area contributed by atoms with Crippen molar-refractivity contribution in [2.45, 2.75) is 6.42 Å². The van der Waals surface area contributed by atoms with Crippen LogP contribution in [0.25, 0.3) is 11.3 Å². The normalized spacial score (nSPS) is 12.6. The number of benzene rings is 1. The molecule has 0 saturated heterocycles. The van der Waals surface area contributed by atoms with Gasteiger partial charge < -0.3 is 0 Å². The van der Waals surface area contributed by atoms with E-state index in [-0.39, 0.29) is 5.56 Å². The van der Waals surface area contributed by atoms with Crippen LogP contribution in [0.2, 0.25) is 0 Å². The first-order valence-corrected chi connectivity index (χ1v) is 4.63. The highest BCUT2D eigenvalue weighted by atomic mass is 16.1. The number of hydrogen-bond donors (Lipinski definition) is 1. The fraction of sp³-hybridized carbons (Fsp3) is 0.182. The number of rotatable bonds is 0. The molecule has 0 fully saturated rings. The average Bonchev–Trinajstić information content (AvgIpc) is 2.67. The number of aryl methyl sites for hydroxylation is 1. The Bertz CT molecular complexity index is 563. The molecular weight excluding hydrogens is 176 g/mol. The largest absolute Gasteiger partial charge is 0.295 e. The van der Waals surface area contributed by atoms with Crippen molar-refractivity contribution < 1.29 is 0 Å². The van der Waals surface area contributed by atoms with Gasteiger partial charge in [-0.3, -0.25) is 14.6 Å². The molecule has 0 amide bonds. The molecule has 1 aromatic carbocycles. The molecule has 0 aliphatic heterocycles. The van der Waals surface area contributed by atoms with E-state index in [1.165, 1.54) is 11.1 Å². The highest BCUT2D eigenvalue weighted by Crippen LogP contribution is 2.32. The van der Waals surface area contributed by atoms with E-state index in [2.05, 4.69) is 17.2 Å². The zero-order valence-electron chi connectivity index (χ0n) is 7.87. The number of fused-ring (bicyclic) bond motifs is 3. The van der Waals surface area contributed by atoms with Crippen LogP contribution in [0.1, 0.15) is 11.1 Å². The third-order valence-corrected chi connectivity index (χ3v) is 2.80. The van der Waals surface area contributed by atoms with Crippen LogP contribution in [-0.2, 0) is 13.5 Å². The minimum atomic E-state index is 0.0937. The molecule has 0 saturated carbocycles. The van der Waals surface area contributed by atoms with Gasteiger partial charge in [0, 0.05) is 24.6 Å². The Hall–Kier alpha value is -1.77. The van der Waals surface area contributed by atoms with Crippen molar-refractivity contribution in [2.75, 3.05) is 0 Å². The monoisotopic (exact) mass is 186 g/mol. The zero-order chi connectivity index (χ0) is 9.71. The fourth-order valence-electron chi connectivity index (χ4n) is 2.09. The molecule has 1 heterocycles. The first-order chi connectivity index (χ1) is 6.77. The predicted molar refractivity (Wildman–Crippen MR) is 54.3 cm³/mol. The van der Waals surface area contributed by atoms with Crippen molar-refractivity contribution in [3.05, 3.63) is 45.7 Å². The van der Waals surface area contributed by atoms with Gasteiger partial charge in [0.15, 0.2) is 0 Å². The Kier molecular flexibility index (Phi) is 1.29. The standard InChI is InChI=1S/C11H10N2O/c1-13-11(14)9-6-7-4-2-3-5-8(7)10(9)12-13/h2-5,12H,6H2,1H3. The van der Waals surface area contributed by atoms with Crippen molar-refractivity contribution in [2.24, 2.45) is 7.05 Å². The van der Waals surface area contributed by atoms with Crippen LogP contribution in [0.4, 0.5) is 0 Å². The number of hydrogen-bond acceptors (Lipinski definition) is 1. The molecule has 3 nitrogen and oxygen atoms in total. The summed E-state index contributed by atoms with van der Waals surface area (Å²) in [5.74, 6) is 0. The van der Waals surface area contributed by atoms with Crippen molar-refractivity contribution in [1.29, 1.82) is 0 Å². The van der Waals surface area contributed by atoms with E-state index in [0.717, 1.165) is 17.7 Å². The summed E-state index contributed by atoms with van der Waals surface area (Å²) in [6.45, 7) is 0. The molecule has 1 N–H and O–H groups in total. The van der Waals surface area contributed by atoms with Gasteiger partial charge in [0.2, 0.25) is 0 Å². The van der Waals surface area contributed by atoms with Gasteiger partial charge >= 0.3 is 0 Å². The minimum Gasteiger partial charge on any atom is -0.295 e. The maximum atomic E-state index is 11.7. The third kappa shape index (κ3) is 0.789. The number of nitrogens with zero attached hydrogens (tertiary/aromatic N) is 1. The molecule has 3 rings (SSSR count). The van der Waals surface area contributed by atoms with Crippen LogP contribution in [0.15, 0.2) is 29.1 Å². The smallest absolute Gasteiger partial charge is 0.270 e. The van der Waals surface area contributed by atoms with Gasteiger partial charge in [0.25, 0.3) is 5.56 Å². The topological polar surface area (TPSA) is 37.8 Å². The van der Waals surface area contributed by atoms with Crippen LogP contribution in [0, 0.1) is 0 Å². The molecule has 0 spiro atoms. The average molecular weight is 186 g/mol. The van der Waals surface area contributed by atoms with E-state index in [9.17, 15) is 4.79 Å². The Morgan fingerprint density at radius 1 is 1.36 bits per heavy atom. The van der Waals surface area contributed by atoms with Crippen LogP contribution >= 0.6 is 0 Å². The number of H-pyrrole nitrogens is 1. The summed E-state index contributed by atoms with van der Waals surface area (Å²) in [6.07, 6.45) is 0.766. The van der Waals surface area contributed by atoms with Crippen molar-refractivity contribution in [1.82, 2.24) is 9.78 Å². The number of aromatic nitrogens is 2. The van der Waals surface area contributed by atoms with Gasteiger partial charge in [-0.25, -0.2) is 0 Å². The molecule has 3 heteroatoms. The molecule has 14 heavy (non-hydrogen) atoms. The summed E-state index contributed by atoms with van der Waals surface area (Å²) < 4.78 is 1.54. The highest BCUT2D eigenvalue weighted by Gasteiger charge is 2.23. The molecule has 1 aromatic heterocycles. The maximum Gasteiger partial charge on any atom is 0.270 e. The Labute approximate surface area is 81.0 Å². The Morgan fingerprint density at radius 2 is 2.14 bits per heavy atom. The zero-order valence-corrected chi connectivity index (χ0v) is 7.87. The molecule has 1 aliphatic rings. The summed E-state index contributed by atoms with van der Waals surface area (Å²) in [6, 6.07) is 8.13. The molecule has 2 aromatic rings. The lowest BCUT2D eigenvalue weighted by Gasteiger charge is -1.98. The van der Waals surface area contributed by atoms with E-state index in [4.69, 9.17) is 0 Å². The lowest BCUT2D eigenvalue weighted by molar-refractivity contribution is 0.738. The Balaban J connectivity index is 2.37. The third-order valence-electron chi connectivity index (χ3n) is 2.80. The van der Waals surface area contributed by atoms with E-state index in [1.807, 2.05) is 12.1 Å². The summed E-state index contributed by atoms with van der Waals surface area (Å²) in [5.41, 5.74) is 4.39. The summed E-state index contributed by atoms with van der Waals surface area (Å²) in [4.78, 5) is 11.7. The van der Waals surface area contributed by atoms with Gasteiger partial charge in [-0.05, 0) is 5.56 Å². The predicted octanol–water partition coefficient (Wildman–Crippen LogP) is 1.28. The highest BCUT2D eigenvalue weighted by molar-refractivity contribution is 5.72. The second-order valence-electron chi connectivity index (χ2n) is 3.66. The van der Waals surface area contributed by atoms with Gasteiger partial charge in [0.05, 0.1) is 5.69 Å². The van der Waals surface area contributed by atoms with Crippen LogP contribution in [0.3, 0.4) is 0 Å². The van der Waals surface area contributed by atoms with Gasteiger partial charge in [0.1, 0.15) is 0 Å². The molecular formula is C11H10N2O.